The Morgan fingerprint density at radius 3 is 2.27 bits per heavy atom. The van der Waals surface area contributed by atoms with E-state index in [1.165, 1.54) is 5.56 Å². The Morgan fingerprint density at radius 1 is 0.967 bits per heavy atom. The molecule has 2 aliphatic rings. The Kier molecular flexibility index (Phi) is 9.10. The summed E-state index contributed by atoms with van der Waals surface area (Å²) >= 11 is 0. The van der Waals surface area contributed by atoms with Gasteiger partial charge in [0.2, 0.25) is 5.91 Å². The molecule has 1 amide bonds. The number of nitrogens with two attached hydrogens (primary N) is 1. The number of carbonyl (C=O) groups excluding carboxylic acids is 1. The molecule has 1 aromatic heterocycles. The number of rotatable bonds is 6. The van der Waals surface area contributed by atoms with Gasteiger partial charge in [0.25, 0.3) is 0 Å². The summed E-state index contributed by atoms with van der Waals surface area (Å²) in [6, 6.07) is 14.4. The Bertz CT molecular complexity index is 782. The van der Waals surface area contributed by atoms with Crippen LogP contribution in [-0.2, 0) is 11.3 Å². The van der Waals surface area contributed by atoms with Gasteiger partial charge in [0.15, 0.2) is 0 Å². The first kappa shape index (κ1) is 24.6. The van der Waals surface area contributed by atoms with Crippen molar-refractivity contribution < 1.29 is 4.79 Å². The van der Waals surface area contributed by atoms with Gasteiger partial charge < -0.3 is 15.5 Å². The second-order valence-corrected chi connectivity index (χ2v) is 8.26. The van der Waals surface area contributed by atoms with Gasteiger partial charge in [-0.2, -0.15) is 0 Å². The number of pyridine rings is 1. The van der Waals surface area contributed by atoms with E-state index >= 15 is 0 Å². The maximum atomic E-state index is 13.1. The van der Waals surface area contributed by atoms with Crippen LogP contribution in [0.1, 0.15) is 42.9 Å². The van der Waals surface area contributed by atoms with Crippen LogP contribution in [0.15, 0.2) is 54.9 Å². The van der Waals surface area contributed by atoms with Crippen LogP contribution in [0.2, 0.25) is 0 Å². The van der Waals surface area contributed by atoms with Gasteiger partial charge >= 0.3 is 0 Å². The van der Waals surface area contributed by atoms with Crippen molar-refractivity contribution in [3.05, 3.63) is 66.0 Å². The van der Waals surface area contributed by atoms with Gasteiger partial charge in [0, 0.05) is 31.5 Å². The largest absolute Gasteiger partial charge is 0.338 e. The summed E-state index contributed by atoms with van der Waals surface area (Å²) in [4.78, 5) is 21.7. The molecular weight excluding hydrogens is 419 g/mol. The third kappa shape index (κ3) is 5.52. The predicted octanol–water partition coefficient (Wildman–Crippen LogP) is 3.83. The van der Waals surface area contributed by atoms with Crippen molar-refractivity contribution in [2.24, 2.45) is 11.1 Å². The van der Waals surface area contributed by atoms with E-state index < -0.39 is 0 Å². The van der Waals surface area contributed by atoms with Gasteiger partial charge in [-0.3, -0.25) is 9.78 Å². The summed E-state index contributed by atoms with van der Waals surface area (Å²) < 4.78 is 0. The first-order chi connectivity index (χ1) is 13.7. The molecule has 0 aliphatic carbocycles. The molecule has 0 radical (unpaired) electrons. The van der Waals surface area contributed by atoms with Crippen molar-refractivity contribution in [2.45, 2.75) is 38.3 Å². The lowest BCUT2D eigenvalue weighted by atomic mass is 9.77. The van der Waals surface area contributed by atoms with E-state index in [1.807, 2.05) is 35.2 Å². The van der Waals surface area contributed by atoms with Crippen molar-refractivity contribution in [1.29, 1.82) is 0 Å². The lowest BCUT2D eigenvalue weighted by Gasteiger charge is -2.38. The zero-order chi connectivity index (χ0) is 19.4. The molecule has 7 heteroatoms. The molecule has 4 rings (SSSR count). The van der Waals surface area contributed by atoms with Crippen LogP contribution < -0.4 is 5.73 Å². The highest BCUT2D eigenvalue weighted by atomic mass is 35.5. The van der Waals surface area contributed by atoms with E-state index in [4.69, 9.17) is 5.73 Å². The second-order valence-electron chi connectivity index (χ2n) is 8.26. The summed E-state index contributed by atoms with van der Waals surface area (Å²) in [5.74, 6) is 0.352. The number of benzene rings is 1. The Labute approximate surface area is 191 Å². The maximum Gasteiger partial charge on any atom is 0.229 e. The molecule has 0 bridgehead atoms. The molecule has 2 N–H and O–H groups in total. The summed E-state index contributed by atoms with van der Waals surface area (Å²) in [6.45, 7) is 4.58. The van der Waals surface area contributed by atoms with E-state index in [-0.39, 0.29) is 36.3 Å². The predicted molar refractivity (Wildman–Crippen MR) is 125 cm³/mol. The van der Waals surface area contributed by atoms with Crippen molar-refractivity contribution in [1.82, 2.24) is 14.8 Å². The minimum Gasteiger partial charge on any atom is -0.338 e. The van der Waals surface area contributed by atoms with E-state index in [1.54, 1.807) is 12.4 Å². The number of piperidine rings is 1. The average Bonchev–Trinajstić information content (AvgIpc) is 3.04. The lowest BCUT2D eigenvalue weighted by molar-refractivity contribution is -0.138. The van der Waals surface area contributed by atoms with Gasteiger partial charge in [0.05, 0.1) is 5.41 Å². The van der Waals surface area contributed by atoms with Gasteiger partial charge in [-0.25, -0.2) is 0 Å². The summed E-state index contributed by atoms with van der Waals surface area (Å²) in [6.07, 6.45) is 7.49. The van der Waals surface area contributed by atoms with Gasteiger partial charge in [-0.1, -0.05) is 30.3 Å². The molecule has 3 heterocycles. The fourth-order valence-corrected chi connectivity index (χ4v) is 4.61. The maximum absolute atomic E-state index is 13.1. The van der Waals surface area contributed by atoms with Crippen LogP contribution in [0.5, 0.6) is 0 Å². The number of amides is 1. The van der Waals surface area contributed by atoms with Crippen molar-refractivity contribution >= 4 is 30.7 Å². The molecule has 1 spiro atoms. The SMILES string of the molecule is Cl.Cl.N[C@@H](CCN1CCC2(CC1)CCN(Cc1ccncc1)C2=O)c1ccccc1. The van der Waals surface area contributed by atoms with Crippen LogP contribution in [0.3, 0.4) is 0 Å². The van der Waals surface area contributed by atoms with Crippen molar-refractivity contribution in [3.63, 3.8) is 0 Å². The highest BCUT2D eigenvalue weighted by Crippen LogP contribution is 2.42. The number of likely N-dealkylation sites (tertiary alicyclic amines) is 2. The first-order valence-corrected chi connectivity index (χ1v) is 10.4. The molecule has 2 aromatic rings. The molecule has 30 heavy (non-hydrogen) atoms. The number of nitrogens with zero attached hydrogens (tertiary/aromatic N) is 3. The van der Waals surface area contributed by atoms with Gasteiger partial charge in [-0.15, -0.1) is 24.8 Å². The zero-order valence-corrected chi connectivity index (χ0v) is 18.9. The molecule has 2 fully saturated rings. The average molecular weight is 451 g/mol. The number of carbonyl (C=O) groups is 1. The summed E-state index contributed by atoms with van der Waals surface area (Å²) in [5, 5.41) is 0. The van der Waals surface area contributed by atoms with E-state index in [9.17, 15) is 4.79 Å². The quantitative estimate of drug-likeness (QED) is 0.725. The molecule has 1 aromatic carbocycles. The van der Waals surface area contributed by atoms with Gasteiger partial charge in [-0.05, 0) is 68.6 Å². The third-order valence-electron chi connectivity index (χ3n) is 6.52. The highest BCUT2D eigenvalue weighted by Gasteiger charge is 2.47. The fraction of sp³-hybridized carbons (Fsp3) is 0.478. The van der Waals surface area contributed by atoms with E-state index in [0.717, 1.165) is 57.4 Å². The summed E-state index contributed by atoms with van der Waals surface area (Å²) in [7, 11) is 0. The molecule has 2 saturated heterocycles. The van der Waals surface area contributed by atoms with Crippen LogP contribution in [0.4, 0.5) is 0 Å². The topological polar surface area (TPSA) is 62.5 Å². The smallest absolute Gasteiger partial charge is 0.229 e. The fourth-order valence-electron chi connectivity index (χ4n) is 4.61. The molecule has 5 nitrogen and oxygen atoms in total. The Morgan fingerprint density at radius 2 is 1.60 bits per heavy atom. The molecule has 2 aliphatic heterocycles. The minimum atomic E-state index is -0.134. The number of hydrogen-bond acceptors (Lipinski definition) is 4. The van der Waals surface area contributed by atoms with Crippen LogP contribution in [0.25, 0.3) is 0 Å². The standard InChI is InChI=1S/C23H30N4O.2ClH/c24-21(20-4-2-1-3-5-20)8-14-26-15-9-23(10-16-26)11-17-27(22(23)28)18-19-6-12-25-13-7-19;;/h1-7,12-13,21H,8-11,14-18,24H2;2*1H/t21-;;/m0../s1. The number of hydrogen-bond donors (Lipinski definition) is 1. The van der Waals surface area contributed by atoms with E-state index in [0.29, 0.717) is 12.5 Å². The monoisotopic (exact) mass is 450 g/mol. The summed E-state index contributed by atoms with van der Waals surface area (Å²) in [5.41, 5.74) is 8.58. The minimum absolute atomic E-state index is 0. The third-order valence-corrected chi connectivity index (χ3v) is 6.52. The van der Waals surface area contributed by atoms with Crippen LogP contribution in [0, 0.1) is 5.41 Å². The zero-order valence-electron chi connectivity index (χ0n) is 17.3. The lowest BCUT2D eigenvalue weighted by Crippen LogP contribution is -2.45. The molecule has 0 unspecified atom stereocenters. The number of halogens is 2. The number of aromatic nitrogens is 1. The van der Waals surface area contributed by atoms with Crippen LogP contribution in [-0.4, -0.2) is 46.9 Å². The van der Waals surface area contributed by atoms with E-state index in [2.05, 4.69) is 22.0 Å². The molecule has 1 atom stereocenters. The Balaban J connectivity index is 0.00000160. The Hall–Kier alpha value is -1.66. The second kappa shape index (κ2) is 11.1. The highest BCUT2D eigenvalue weighted by molar-refractivity contribution is 5.86. The molecule has 164 valence electrons. The molecular formula is C23H32Cl2N4O. The van der Waals surface area contributed by atoms with Crippen molar-refractivity contribution in [2.75, 3.05) is 26.2 Å². The first-order valence-electron chi connectivity index (χ1n) is 10.4. The molecule has 0 saturated carbocycles. The van der Waals surface area contributed by atoms with Crippen LogP contribution >= 0.6 is 24.8 Å². The van der Waals surface area contributed by atoms with Gasteiger partial charge in [0.1, 0.15) is 0 Å². The van der Waals surface area contributed by atoms with Crippen molar-refractivity contribution in [3.8, 4) is 0 Å². The normalized spacial score (nSPS) is 19.2.